The first kappa shape index (κ1) is 11.7. The van der Waals surface area contributed by atoms with Crippen molar-refractivity contribution in [3.05, 3.63) is 17.0 Å². The zero-order valence-corrected chi connectivity index (χ0v) is 8.74. The molecule has 0 unspecified atom stereocenters. The van der Waals surface area contributed by atoms with E-state index in [-0.39, 0.29) is 5.95 Å². The third kappa shape index (κ3) is 3.38. The Morgan fingerprint density at radius 3 is 1.93 bits per heavy atom. The molecule has 1 N–H and O–H groups in total. The zero-order chi connectivity index (χ0) is 11.6. The molecular formula is C9H12F3N3. The fourth-order valence-corrected chi connectivity index (χ4v) is 1.03. The molecule has 3 nitrogen and oxygen atoms in total. The molecule has 6 heteroatoms. The Morgan fingerprint density at radius 1 is 1.07 bits per heavy atom. The Kier molecular flexibility index (Phi) is 3.16. The van der Waals surface area contributed by atoms with Gasteiger partial charge in [-0.2, -0.15) is 13.2 Å². The van der Waals surface area contributed by atoms with Crippen molar-refractivity contribution in [3.8, 4) is 0 Å². The van der Waals surface area contributed by atoms with Crippen molar-refractivity contribution in [1.29, 1.82) is 0 Å². The van der Waals surface area contributed by atoms with E-state index in [0.29, 0.717) is 11.4 Å². The Labute approximate surface area is 85.7 Å². The van der Waals surface area contributed by atoms with Crippen LogP contribution in [-0.4, -0.2) is 22.7 Å². The standard InChI is InChI=1S/C9H12F3N3/c1-5-6(2)14-8(15-7(5)3)13-4-9(10,11)12/h4H2,1-3H3,(H,13,14,15). The van der Waals surface area contributed by atoms with Crippen LogP contribution >= 0.6 is 0 Å². The van der Waals surface area contributed by atoms with E-state index in [0.717, 1.165) is 5.56 Å². The van der Waals surface area contributed by atoms with E-state index < -0.39 is 12.7 Å². The summed E-state index contributed by atoms with van der Waals surface area (Å²) < 4.78 is 35.7. The highest BCUT2D eigenvalue weighted by Crippen LogP contribution is 2.16. The van der Waals surface area contributed by atoms with Gasteiger partial charge in [-0.05, 0) is 26.3 Å². The lowest BCUT2D eigenvalue weighted by Crippen LogP contribution is -2.22. The molecule has 0 saturated heterocycles. The SMILES string of the molecule is Cc1nc(NCC(F)(F)F)nc(C)c1C. The van der Waals surface area contributed by atoms with Crippen LogP contribution in [-0.2, 0) is 0 Å². The van der Waals surface area contributed by atoms with Crippen LogP contribution in [0.25, 0.3) is 0 Å². The van der Waals surface area contributed by atoms with Crippen LogP contribution in [0.5, 0.6) is 0 Å². The fourth-order valence-electron chi connectivity index (χ4n) is 1.03. The number of aromatic nitrogens is 2. The van der Waals surface area contributed by atoms with Crippen molar-refractivity contribution in [3.63, 3.8) is 0 Å². The van der Waals surface area contributed by atoms with Gasteiger partial charge in [-0.3, -0.25) is 0 Å². The summed E-state index contributed by atoms with van der Waals surface area (Å²) in [5.41, 5.74) is 2.27. The third-order valence-corrected chi connectivity index (χ3v) is 2.08. The largest absolute Gasteiger partial charge is 0.405 e. The molecule has 1 heterocycles. The Balaban J connectivity index is 2.80. The lowest BCUT2D eigenvalue weighted by molar-refractivity contribution is -0.115. The second-order valence-corrected chi connectivity index (χ2v) is 3.31. The van der Waals surface area contributed by atoms with Crippen LogP contribution in [0.15, 0.2) is 0 Å². The summed E-state index contributed by atoms with van der Waals surface area (Å²) in [6, 6.07) is 0. The maximum Gasteiger partial charge on any atom is 0.405 e. The summed E-state index contributed by atoms with van der Waals surface area (Å²) in [5, 5.41) is 2.15. The van der Waals surface area contributed by atoms with Gasteiger partial charge in [0.1, 0.15) is 6.54 Å². The van der Waals surface area contributed by atoms with Crippen molar-refractivity contribution in [2.24, 2.45) is 0 Å². The van der Waals surface area contributed by atoms with Gasteiger partial charge < -0.3 is 5.32 Å². The minimum absolute atomic E-state index is 0.0212. The number of rotatable bonds is 2. The van der Waals surface area contributed by atoms with Crippen LogP contribution in [0.1, 0.15) is 17.0 Å². The molecule has 0 aliphatic heterocycles. The number of hydrogen-bond acceptors (Lipinski definition) is 3. The van der Waals surface area contributed by atoms with Crippen molar-refractivity contribution < 1.29 is 13.2 Å². The van der Waals surface area contributed by atoms with Crippen molar-refractivity contribution >= 4 is 5.95 Å². The van der Waals surface area contributed by atoms with E-state index in [9.17, 15) is 13.2 Å². The quantitative estimate of drug-likeness (QED) is 0.829. The van der Waals surface area contributed by atoms with Gasteiger partial charge in [-0.15, -0.1) is 0 Å². The molecule has 0 radical (unpaired) electrons. The first-order chi connectivity index (χ1) is 6.79. The second-order valence-electron chi connectivity index (χ2n) is 3.31. The van der Waals surface area contributed by atoms with Crippen molar-refractivity contribution in [2.45, 2.75) is 26.9 Å². The minimum Gasteiger partial charge on any atom is -0.345 e. The molecule has 0 fully saturated rings. The topological polar surface area (TPSA) is 37.8 Å². The van der Waals surface area contributed by atoms with E-state index in [4.69, 9.17) is 0 Å². The van der Waals surface area contributed by atoms with E-state index >= 15 is 0 Å². The summed E-state index contributed by atoms with van der Waals surface area (Å²) >= 11 is 0. The predicted molar refractivity (Wildman–Crippen MR) is 50.8 cm³/mol. The van der Waals surface area contributed by atoms with E-state index in [1.165, 1.54) is 0 Å². The lowest BCUT2D eigenvalue weighted by atomic mass is 10.2. The monoisotopic (exact) mass is 219 g/mol. The average molecular weight is 219 g/mol. The predicted octanol–water partition coefficient (Wildman–Crippen LogP) is 2.38. The van der Waals surface area contributed by atoms with E-state index in [1.807, 2.05) is 6.92 Å². The number of nitrogens with zero attached hydrogens (tertiary/aromatic N) is 2. The molecule has 1 rings (SSSR count). The van der Waals surface area contributed by atoms with Gasteiger partial charge in [0.15, 0.2) is 0 Å². The molecule has 0 spiro atoms. The van der Waals surface area contributed by atoms with Crippen LogP contribution in [0, 0.1) is 20.8 Å². The average Bonchev–Trinajstić information content (AvgIpc) is 2.09. The van der Waals surface area contributed by atoms with Crippen LogP contribution in [0.3, 0.4) is 0 Å². The summed E-state index contributed by atoms with van der Waals surface area (Å²) in [4.78, 5) is 7.83. The smallest absolute Gasteiger partial charge is 0.345 e. The highest BCUT2D eigenvalue weighted by molar-refractivity contribution is 5.33. The summed E-state index contributed by atoms with van der Waals surface area (Å²) in [5.74, 6) is 0.0212. The second kappa shape index (κ2) is 4.04. The van der Waals surface area contributed by atoms with Gasteiger partial charge in [0.05, 0.1) is 0 Å². The fraction of sp³-hybridized carbons (Fsp3) is 0.556. The van der Waals surface area contributed by atoms with Gasteiger partial charge in [0, 0.05) is 11.4 Å². The molecule has 0 atom stereocenters. The normalized spacial score (nSPS) is 11.6. The van der Waals surface area contributed by atoms with E-state index in [2.05, 4.69) is 15.3 Å². The van der Waals surface area contributed by atoms with Crippen molar-refractivity contribution in [2.75, 3.05) is 11.9 Å². The molecule has 0 amide bonds. The number of aryl methyl sites for hydroxylation is 2. The molecule has 0 aromatic carbocycles. The molecular weight excluding hydrogens is 207 g/mol. The van der Waals surface area contributed by atoms with Gasteiger partial charge in [0.25, 0.3) is 0 Å². The third-order valence-electron chi connectivity index (χ3n) is 2.08. The Bertz CT molecular complexity index is 337. The highest BCUT2D eigenvalue weighted by atomic mass is 19.4. The summed E-state index contributed by atoms with van der Waals surface area (Å²) in [6.45, 7) is 4.19. The first-order valence-corrected chi connectivity index (χ1v) is 4.42. The molecule has 0 saturated carbocycles. The Hall–Kier alpha value is -1.33. The molecule has 1 aromatic heterocycles. The van der Waals surface area contributed by atoms with E-state index in [1.54, 1.807) is 13.8 Å². The molecule has 84 valence electrons. The highest BCUT2D eigenvalue weighted by Gasteiger charge is 2.27. The molecule has 0 bridgehead atoms. The number of hydrogen-bond donors (Lipinski definition) is 1. The first-order valence-electron chi connectivity index (χ1n) is 4.42. The zero-order valence-electron chi connectivity index (χ0n) is 8.74. The van der Waals surface area contributed by atoms with Crippen LogP contribution in [0.2, 0.25) is 0 Å². The Morgan fingerprint density at radius 2 is 1.53 bits per heavy atom. The van der Waals surface area contributed by atoms with Gasteiger partial charge >= 0.3 is 6.18 Å². The van der Waals surface area contributed by atoms with Crippen LogP contribution < -0.4 is 5.32 Å². The molecule has 0 aliphatic rings. The van der Waals surface area contributed by atoms with Gasteiger partial charge in [-0.25, -0.2) is 9.97 Å². The van der Waals surface area contributed by atoms with Crippen molar-refractivity contribution in [1.82, 2.24) is 9.97 Å². The maximum atomic E-state index is 11.9. The minimum atomic E-state index is -4.25. The molecule has 1 aromatic rings. The summed E-state index contributed by atoms with van der Waals surface area (Å²) in [6.07, 6.45) is -4.25. The molecule has 15 heavy (non-hydrogen) atoms. The summed E-state index contributed by atoms with van der Waals surface area (Å²) in [7, 11) is 0. The lowest BCUT2D eigenvalue weighted by Gasteiger charge is -2.10. The number of anilines is 1. The van der Waals surface area contributed by atoms with Gasteiger partial charge in [-0.1, -0.05) is 0 Å². The van der Waals surface area contributed by atoms with Crippen LogP contribution in [0.4, 0.5) is 19.1 Å². The number of nitrogens with one attached hydrogen (secondary N) is 1. The van der Waals surface area contributed by atoms with Gasteiger partial charge in [0.2, 0.25) is 5.95 Å². The maximum absolute atomic E-state index is 11.9. The molecule has 0 aliphatic carbocycles. The number of alkyl halides is 3. The number of halogens is 3.